The molecule has 21 heavy (non-hydrogen) atoms. The maximum atomic E-state index is 12.2. The number of nitrogens with one attached hydrogen (secondary N) is 1. The summed E-state index contributed by atoms with van der Waals surface area (Å²) in [5.41, 5.74) is 2.01. The Balaban J connectivity index is 1.90. The highest BCUT2D eigenvalue weighted by Crippen LogP contribution is 2.26. The molecule has 0 aliphatic carbocycles. The van der Waals surface area contributed by atoms with Crippen LogP contribution in [0.4, 0.5) is 0 Å². The molecule has 2 aromatic heterocycles. The van der Waals surface area contributed by atoms with Gasteiger partial charge in [0.05, 0.1) is 12.2 Å². The zero-order valence-corrected chi connectivity index (χ0v) is 13.1. The zero-order chi connectivity index (χ0) is 14.7. The van der Waals surface area contributed by atoms with Crippen LogP contribution >= 0.6 is 34.5 Å². The lowest BCUT2D eigenvalue weighted by atomic mass is 10.0. The molecule has 7 heteroatoms. The highest BCUT2D eigenvalue weighted by atomic mass is 35.5. The lowest BCUT2D eigenvalue weighted by Crippen LogP contribution is -2.28. The summed E-state index contributed by atoms with van der Waals surface area (Å²) in [5, 5.41) is 11.4. The van der Waals surface area contributed by atoms with Gasteiger partial charge in [-0.2, -0.15) is 11.3 Å². The molecule has 1 atom stereocenters. The van der Waals surface area contributed by atoms with E-state index in [1.54, 1.807) is 11.3 Å². The van der Waals surface area contributed by atoms with Gasteiger partial charge >= 0.3 is 0 Å². The maximum absolute atomic E-state index is 12.2. The minimum atomic E-state index is -0.219. The first kappa shape index (κ1) is 14.2. The third-order valence-electron chi connectivity index (χ3n) is 2.94. The second kappa shape index (κ2) is 6.34. The van der Waals surface area contributed by atoms with Gasteiger partial charge in [0.1, 0.15) is 4.88 Å². The smallest absolute Gasteiger partial charge is 0.265 e. The third kappa shape index (κ3) is 3.29. The van der Waals surface area contributed by atoms with Gasteiger partial charge in [-0.15, -0.1) is 5.10 Å². The molecule has 0 saturated heterocycles. The zero-order valence-electron chi connectivity index (χ0n) is 10.7. The van der Waals surface area contributed by atoms with E-state index in [0.717, 1.165) is 22.7 Å². The molecular formula is C14H10ClN3OS2. The number of hydrogen-bond acceptors (Lipinski definition) is 5. The van der Waals surface area contributed by atoms with Crippen molar-refractivity contribution >= 4 is 40.4 Å². The molecule has 2 heterocycles. The summed E-state index contributed by atoms with van der Waals surface area (Å²) in [5.74, 6) is -0.184. The van der Waals surface area contributed by atoms with Crippen LogP contribution in [-0.2, 0) is 0 Å². The van der Waals surface area contributed by atoms with E-state index < -0.39 is 0 Å². The fourth-order valence-corrected chi connectivity index (χ4v) is 3.15. The molecule has 1 aromatic carbocycles. The monoisotopic (exact) mass is 335 g/mol. The van der Waals surface area contributed by atoms with Crippen molar-refractivity contribution in [2.75, 3.05) is 0 Å². The summed E-state index contributed by atoms with van der Waals surface area (Å²) < 4.78 is 3.71. The Morgan fingerprint density at radius 3 is 2.62 bits per heavy atom. The van der Waals surface area contributed by atoms with E-state index >= 15 is 0 Å². The Labute approximate surface area is 134 Å². The van der Waals surface area contributed by atoms with Crippen LogP contribution in [0, 0.1) is 0 Å². The number of hydrogen-bond donors (Lipinski definition) is 1. The Morgan fingerprint density at radius 2 is 2.00 bits per heavy atom. The van der Waals surface area contributed by atoms with Gasteiger partial charge in [-0.3, -0.25) is 4.79 Å². The minimum absolute atomic E-state index is 0.184. The van der Waals surface area contributed by atoms with Crippen molar-refractivity contribution in [2.45, 2.75) is 6.04 Å². The lowest BCUT2D eigenvalue weighted by Gasteiger charge is -2.18. The van der Waals surface area contributed by atoms with E-state index in [1.165, 1.54) is 6.20 Å². The van der Waals surface area contributed by atoms with Gasteiger partial charge in [0, 0.05) is 5.02 Å². The van der Waals surface area contributed by atoms with E-state index in [0.29, 0.717) is 9.90 Å². The Kier molecular flexibility index (Phi) is 4.28. The van der Waals surface area contributed by atoms with E-state index in [1.807, 2.05) is 41.1 Å². The van der Waals surface area contributed by atoms with Crippen molar-refractivity contribution in [1.82, 2.24) is 14.9 Å². The van der Waals surface area contributed by atoms with Crippen molar-refractivity contribution in [1.29, 1.82) is 0 Å². The number of carbonyl (C=O) groups is 1. The fraction of sp³-hybridized carbons (Fsp3) is 0.0714. The lowest BCUT2D eigenvalue weighted by molar-refractivity contribution is 0.0947. The van der Waals surface area contributed by atoms with Crippen LogP contribution < -0.4 is 5.32 Å². The van der Waals surface area contributed by atoms with Crippen LogP contribution in [0.2, 0.25) is 5.02 Å². The van der Waals surface area contributed by atoms with Gasteiger partial charge in [-0.1, -0.05) is 28.2 Å². The van der Waals surface area contributed by atoms with Crippen LogP contribution in [0.5, 0.6) is 0 Å². The quantitative estimate of drug-likeness (QED) is 0.789. The number of halogens is 1. The molecule has 1 N–H and O–H groups in total. The molecule has 3 aromatic rings. The van der Waals surface area contributed by atoms with Gasteiger partial charge in [0.2, 0.25) is 0 Å². The van der Waals surface area contributed by atoms with Crippen LogP contribution in [0.3, 0.4) is 0 Å². The number of benzene rings is 1. The van der Waals surface area contributed by atoms with E-state index in [4.69, 9.17) is 11.6 Å². The van der Waals surface area contributed by atoms with Gasteiger partial charge in [0.15, 0.2) is 0 Å². The van der Waals surface area contributed by atoms with Crippen molar-refractivity contribution < 1.29 is 4.79 Å². The molecule has 0 saturated carbocycles. The van der Waals surface area contributed by atoms with Crippen molar-refractivity contribution in [3.8, 4) is 0 Å². The number of thiophene rings is 1. The van der Waals surface area contributed by atoms with Gasteiger partial charge in [-0.05, 0) is 51.6 Å². The number of rotatable bonds is 4. The molecule has 0 aliphatic heterocycles. The van der Waals surface area contributed by atoms with Gasteiger partial charge in [-0.25, -0.2) is 0 Å². The topological polar surface area (TPSA) is 54.9 Å². The molecule has 0 aliphatic rings. The summed E-state index contributed by atoms with van der Waals surface area (Å²) in [6.07, 6.45) is 1.46. The molecule has 0 fully saturated rings. The first-order chi connectivity index (χ1) is 10.2. The molecule has 1 amide bonds. The van der Waals surface area contributed by atoms with Crippen molar-refractivity contribution in [3.63, 3.8) is 0 Å². The molecule has 3 rings (SSSR count). The van der Waals surface area contributed by atoms with Gasteiger partial charge in [0.25, 0.3) is 5.91 Å². The summed E-state index contributed by atoms with van der Waals surface area (Å²) in [6.45, 7) is 0. The standard InChI is InChI=1S/C14H10ClN3OS2/c15-11-3-1-9(2-4-11)13(10-5-6-20-8-10)17-14(19)12-7-16-18-21-12/h1-8,13H,(H,17,19)/t13-/m0/s1. The Hall–Kier alpha value is -1.76. The van der Waals surface area contributed by atoms with Crippen LogP contribution in [-0.4, -0.2) is 15.5 Å². The predicted octanol–water partition coefficient (Wildman–Crippen LogP) is 3.77. The molecule has 0 bridgehead atoms. The Morgan fingerprint density at radius 1 is 1.19 bits per heavy atom. The number of carbonyl (C=O) groups excluding carboxylic acids is 1. The second-order valence-corrected chi connectivity index (χ2v) is 6.30. The summed E-state index contributed by atoms with van der Waals surface area (Å²) in [7, 11) is 0. The van der Waals surface area contributed by atoms with E-state index in [2.05, 4.69) is 14.9 Å². The fourth-order valence-electron chi connectivity index (χ4n) is 1.92. The Bertz CT molecular complexity index is 711. The molecule has 0 radical (unpaired) electrons. The molecule has 0 spiro atoms. The summed E-state index contributed by atoms with van der Waals surface area (Å²) in [6, 6.07) is 9.23. The third-order valence-corrected chi connectivity index (χ3v) is 4.56. The maximum Gasteiger partial charge on any atom is 0.265 e. The van der Waals surface area contributed by atoms with Crippen LogP contribution in [0.15, 0.2) is 47.3 Å². The predicted molar refractivity (Wildman–Crippen MR) is 85.0 cm³/mol. The van der Waals surface area contributed by atoms with E-state index in [9.17, 15) is 4.79 Å². The van der Waals surface area contributed by atoms with Crippen LogP contribution in [0.25, 0.3) is 0 Å². The molecule has 4 nitrogen and oxygen atoms in total. The summed E-state index contributed by atoms with van der Waals surface area (Å²) >= 11 is 8.60. The molecular weight excluding hydrogens is 326 g/mol. The SMILES string of the molecule is O=C(N[C@@H](c1ccc(Cl)cc1)c1ccsc1)c1cnns1. The first-order valence-corrected chi connectivity index (χ1v) is 8.19. The largest absolute Gasteiger partial charge is 0.340 e. The normalized spacial score (nSPS) is 12.0. The first-order valence-electron chi connectivity index (χ1n) is 6.10. The highest BCUT2D eigenvalue weighted by molar-refractivity contribution is 7.08. The average Bonchev–Trinajstić information content (AvgIpc) is 3.19. The molecule has 106 valence electrons. The second-order valence-electron chi connectivity index (χ2n) is 4.30. The van der Waals surface area contributed by atoms with Gasteiger partial charge < -0.3 is 5.32 Å². The van der Waals surface area contributed by atoms with Crippen molar-refractivity contribution in [2.24, 2.45) is 0 Å². The minimum Gasteiger partial charge on any atom is -0.340 e. The average molecular weight is 336 g/mol. The van der Waals surface area contributed by atoms with Crippen molar-refractivity contribution in [3.05, 3.63) is 68.3 Å². The highest BCUT2D eigenvalue weighted by Gasteiger charge is 2.19. The molecule has 0 unspecified atom stereocenters. The van der Waals surface area contributed by atoms with Crippen LogP contribution in [0.1, 0.15) is 26.8 Å². The number of amides is 1. The number of aromatic nitrogens is 2. The number of nitrogens with zero attached hydrogens (tertiary/aromatic N) is 2. The summed E-state index contributed by atoms with van der Waals surface area (Å²) in [4.78, 5) is 12.7. The van der Waals surface area contributed by atoms with E-state index in [-0.39, 0.29) is 11.9 Å².